The molecule has 0 saturated heterocycles. The molecule has 0 spiro atoms. The summed E-state index contributed by atoms with van der Waals surface area (Å²) in [5, 5.41) is 2.78. The van der Waals surface area contributed by atoms with Gasteiger partial charge in [0.1, 0.15) is 0 Å². The van der Waals surface area contributed by atoms with Crippen molar-refractivity contribution >= 4 is 21.8 Å². The second-order valence-corrected chi connectivity index (χ2v) is 7.81. The van der Waals surface area contributed by atoms with Gasteiger partial charge in [-0.25, -0.2) is 0 Å². The standard InChI is InChI=1S/C26H22N2/c1-18-20-11-5-7-13-23(20)27-16-15-22-21-12-6-8-14-24(21)28(26(22)25(18)27)17-19-9-3-2-4-10-19/h2-14H,15-17H2,1H3. The Morgan fingerprint density at radius 3 is 2.21 bits per heavy atom. The molecule has 0 fully saturated rings. The lowest BCUT2D eigenvalue weighted by Crippen LogP contribution is -2.13. The van der Waals surface area contributed by atoms with Crippen LogP contribution in [0.4, 0.5) is 0 Å². The highest BCUT2D eigenvalue weighted by Crippen LogP contribution is 2.43. The average Bonchev–Trinajstić information content (AvgIpc) is 3.22. The lowest BCUT2D eigenvalue weighted by molar-refractivity contribution is 0.694. The van der Waals surface area contributed by atoms with E-state index in [0.717, 1.165) is 19.5 Å². The Labute approximate surface area is 164 Å². The maximum absolute atomic E-state index is 2.54. The largest absolute Gasteiger partial charge is 0.339 e. The van der Waals surface area contributed by atoms with E-state index in [1.165, 1.54) is 49.9 Å². The summed E-state index contributed by atoms with van der Waals surface area (Å²) in [7, 11) is 0. The predicted octanol–water partition coefficient (Wildman–Crippen LogP) is 6.18. The number of benzene rings is 3. The minimum absolute atomic E-state index is 0.900. The molecular formula is C26H22N2. The summed E-state index contributed by atoms with van der Waals surface area (Å²) in [6, 6.07) is 28.6. The lowest BCUT2D eigenvalue weighted by atomic mass is 10.0. The fraction of sp³-hybridized carbons (Fsp3) is 0.154. The minimum Gasteiger partial charge on any atom is -0.339 e. The first-order valence-electron chi connectivity index (χ1n) is 10.0. The first kappa shape index (κ1) is 15.8. The van der Waals surface area contributed by atoms with Gasteiger partial charge >= 0.3 is 0 Å². The molecule has 5 aromatic rings. The Hall–Kier alpha value is -3.26. The molecule has 0 N–H and O–H groups in total. The summed E-state index contributed by atoms with van der Waals surface area (Å²) in [5.74, 6) is 0. The highest BCUT2D eigenvalue weighted by Gasteiger charge is 2.28. The zero-order chi connectivity index (χ0) is 18.7. The van der Waals surface area contributed by atoms with Gasteiger partial charge < -0.3 is 9.13 Å². The summed E-state index contributed by atoms with van der Waals surface area (Å²) in [6.07, 6.45) is 1.09. The number of aromatic nitrogens is 2. The number of rotatable bonds is 2. The number of nitrogens with zero attached hydrogens (tertiary/aromatic N) is 2. The molecule has 0 unspecified atom stereocenters. The van der Waals surface area contributed by atoms with Gasteiger partial charge in [-0.05, 0) is 42.2 Å². The molecule has 3 heterocycles. The van der Waals surface area contributed by atoms with Crippen molar-refractivity contribution in [3.05, 3.63) is 95.6 Å². The molecule has 0 radical (unpaired) electrons. The summed E-state index contributed by atoms with van der Waals surface area (Å²) in [6.45, 7) is 4.24. The third kappa shape index (κ3) is 2.09. The van der Waals surface area contributed by atoms with Crippen LogP contribution >= 0.6 is 0 Å². The second-order valence-electron chi connectivity index (χ2n) is 7.81. The molecule has 1 aliphatic heterocycles. The van der Waals surface area contributed by atoms with E-state index < -0.39 is 0 Å². The van der Waals surface area contributed by atoms with Gasteiger partial charge in [0.05, 0.1) is 11.4 Å². The van der Waals surface area contributed by atoms with Crippen molar-refractivity contribution in [3.8, 4) is 11.4 Å². The average molecular weight is 362 g/mol. The van der Waals surface area contributed by atoms with Crippen molar-refractivity contribution in [1.29, 1.82) is 0 Å². The van der Waals surface area contributed by atoms with Crippen molar-refractivity contribution in [2.75, 3.05) is 0 Å². The van der Waals surface area contributed by atoms with E-state index in [-0.39, 0.29) is 0 Å². The molecule has 28 heavy (non-hydrogen) atoms. The summed E-state index contributed by atoms with van der Waals surface area (Å²) in [5.41, 5.74) is 9.75. The third-order valence-electron chi connectivity index (χ3n) is 6.29. The van der Waals surface area contributed by atoms with E-state index in [9.17, 15) is 0 Å². The monoisotopic (exact) mass is 362 g/mol. The fourth-order valence-electron chi connectivity index (χ4n) is 5.07. The van der Waals surface area contributed by atoms with E-state index in [0.29, 0.717) is 0 Å². The smallest absolute Gasteiger partial charge is 0.0698 e. The van der Waals surface area contributed by atoms with Crippen molar-refractivity contribution in [1.82, 2.24) is 9.13 Å². The third-order valence-corrected chi connectivity index (χ3v) is 6.29. The van der Waals surface area contributed by atoms with Crippen LogP contribution in [0.15, 0.2) is 78.9 Å². The van der Waals surface area contributed by atoms with Gasteiger partial charge in [0, 0.05) is 34.9 Å². The van der Waals surface area contributed by atoms with Crippen LogP contribution in [0, 0.1) is 6.92 Å². The second kappa shape index (κ2) is 5.87. The number of hydrogen-bond donors (Lipinski definition) is 0. The molecule has 3 aromatic carbocycles. The Bertz CT molecular complexity index is 1340. The van der Waals surface area contributed by atoms with Crippen molar-refractivity contribution in [2.45, 2.75) is 26.4 Å². The topological polar surface area (TPSA) is 9.86 Å². The molecular weight excluding hydrogens is 340 g/mol. The predicted molar refractivity (Wildman–Crippen MR) is 117 cm³/mol. The highest BCUT2D eigenvalue weighted by molar-refractivity contribution is 5.98. The molecule has 0 atom stereocenters. The molecule has 0 bridgehead atoms. The lowest BCUT2D eigenvalue weighted by Gasteiger charge is -2.21. The summed E-state index contributed by atoms with van der Waals surface area (Å²) >= 11 is 0. The first-order valence-corrected chi connectivity index (χ1v) is 10.0. The Kier molecular flexibility index (Phi) is 3.30. The van der Waals surface area contributed by atoms with E-state index in [2.05, 4.69) is 94.9 Å². The maximum Gasteiger partial charge on any atom is 0.0698 e. The van der Waals surface area contributed by atoms with Crippen molar-refractivity contribution < 1.29 is 0 Å². The van der Waals surface area contributed by atoms with Crippen LogP contribution in [-0.2, 0) is 19.5 Å². The normalized spacial score (nSPS) is 13.0. The fourth-order valence-corrected chi connectivity index (χ4v) is 5.07. The zero-order valence-electron chi connectivity index (χ0n) is 16.0. The SMILES string of the molecule is Cc1c2n(c3ccccc13)CCc1c-2n(Cc2ccccc2)c2ccccc12. The molecule has 0 saturated carbocycles. The number of aryl methyl sites for hydroxylation is 3. The number of para-hydroxylation sites is 2. The number of fused-ring (bicyclic) bond motifs is 7. The van der Waals surface area contributed by atoms with Crippen LogP contribution in [0.3, 0.4) is 0 Å². The first-order chi connectivity index (χ1) is 13.8. The van der Waals surface area contributed by atoms with Crippen LogP contribution in [0.5, 0.6) is 0 Å². The van der Waals surface area contributed by atoms with Crippen LogP contribution in [0.1, 0.15) is 16.7 Å². The zero-order valence-corrected chi connectivity index (χ0v) is 16.0. The van der Waals surface area contributed by atoms with E-state index in [4.69, 9.17) is 0 Å². The van der Waals surface area contributed by atoms with Gasteiger partial charge in [0.2, 0.25) is 0 Å². The van der Waals surface area contributed by atoms with E-state index >= 15 is 0 Å². The molecule has 0 aliphatic carbocycles. The van der Waals surface area contributed by atoms with Crippen molar-refractivity contribution in [3.63, 3.8) is 0 Å². The van der Waals surface area contributed by atoms with Gasteiger partial charge in [-0.2, -0.15) is 0 Å². The molecule has 136 valence electrons. The molecule has 2 aromatic heterocycles. The van der Waals surface area contributed by atoms with E-state index in [1.807, 2.05) is 0 Å². The van der Waals surface area contributed by atoms with Crippen molar-refractivity contribution in [2.24, 2.45) is 0 Å². The summed E-state index contributed by atoms with van der Waals surface area (Å²) in [4.78, 5) is 0. The quantitative estimate of drug-likeness (QED) is 0.355. The molecule has 0 amide bonds. The van der Waals surface area contributed by atoms with E-state index in [1.54, 1.807) is 0 Å². The van der Waals surface area contributed by atoms with Crippen LogP contribution in [0.2, 0.25) is 0 Å². The number of hydrogen-bond acceptors (Lipinski definition) is 0. The maximum atomic E-state index is 2.54. The van der Waals surface area contributed by atoms with Crippen LogP contribution in [-0.4, -0.2) is 9.13 Å². The van der Waals surface area contributed by atoms with Crippen LogP contribution in [0.25, 0.3) is 33.2 Å². The van der Waals surface area contributed by atoms with Gasteiger partial charge in [0.15, 0.2) is 0 Å². The van der Waals surface area contributed by atoms with Gasteiger partial charge in [-0.15, -0.1) is 0 Å². The Balaban J connectivity index is 1.70. The highest BCUT2D eigenvalue weighted by atomic mass is 15.1. The molecule has 6 rings (SSSR count). The Morgan fingerprint density at radius 2 is 1.39 bits per heavy atom. The van der Waals surface area contributed by atoms with Gasteiger partial charge in [-0.3, -0.25) is 0 Å². The molecule has 2 nitrogen and oxygen atoms in total. The Morgan fingerprint density at radius 1 is 0.714 bits per heavy atom. The molecule has 2 heteroatoms. The minimum atomic E-state index is 0.900. The van der Waals surface area contributed by atoms with Crippen LogP contribution < -0.4 is 0 Å². The molecule has 1 aliphatic rings. The van der Waals surface area contributed by atoms with Gasteiger partial charge in [-0.1, -0.05) is 66.7 Å². The summed E-state index contributed by atoms with van der Waals surface area (Å²) < 4.78 is 5.07. The van der Waals surface area contributed by atoms with Gasteiger partial charge in [0.25, 0.3) is 0 Å².